The Kier molecular flexibility index (Phi) is 15.0. The van der Waals surface area contributed by atoms with Crippen molar-refractivity contribution in [3.05, 3.63) is 0 Å². The van der Waals surface area contributed by atoms with Crippen molar-refractivity contribution in [2.45, 2.75) is 129 Å². The number of hydrogen-bond donors (Lipinski definition) is 1. The van der Waals surface area contributed by atoms with Gasteiger partial charge < -0.3 is 9.84 Å². The molecule has 2 unspecified atom stereocenters. The molecule has 0 bridgehead atoms. The molecule has 0 aliphatic carbocycles. The number of unbranched alkanes of at least 4 members (excludes halogenated alkanes) is 15. The van der Waals surface area contributed by atoms with Gasteiger partial charge in [-0.05, 0) is 12.8 Å². The number of aliphatic hydroxyl groups is 1. The molecule has 1 rings (SSSR count). The number of hydrogen-bond acceptors (Lipinski definition) is 2. The fourth-order valence-electron chi connectivity index (χ4n) is 3.86. The minimum Gasteiger partial charge on any atom is -0.368 e. The Hall–Kier alpha value is -0.0800. The van der Waals surface area contributed by atoms with Crippen LogP contribution in [0.4, 0.5) is 0 Å². The maximum absolute atomic E-state index is 9.59. The highest BCUT2D eigenvalue weighted by atomic mass is 16.6. The first-order valence-corrected chi connectivity index (χ1v) is 11.1. The highest BCUT2D eigenvalue weighted by molar-refractivity contribution is 4.68. The van der Waals surface area contributed by atoms with Gasteiger partial charge in [-0.3, -0.25) is 0 Å². The van der Waals surface area contributed by atoms with Gasteiger partial charge in [0.1, 0.15) is 0 Å². The van der Waals surface area contributed by atoms with E-state index in [0.29, 0.717) is 5.92 Å². The molecule has 24 heavy (non-hydrogen) atoms. The SMILES string of the molecule is CCCCCCCCCCCCCCCCCCC1CCOC1O. The van der Waals surface area contributed by atoms with Gasteiger partial charge in [0, 0.05) is 5.92 Å². The van der Waals surface area contributed by atoms with Gasteiger partial charge in [-0.1, -0.05) is 110 Å². The third-order valence-electron chi connectivity index (χ3n) is 5.61. The topological polar surface area (TPSA) is 29.5 Å². The lowest BCUT2D eigenvalue weighted by atomic mass is 9.98. The van der Waals surface area contributed by atoms with E-state index in [9.17, 15) is 5.11 Å². The summed E-state index contributed by atoms with van der Waals surface area (Å²) in [4.78, 5) is 0. The molecule has 1 aliphatic rings. The minimum atomic E-state index is -0.471. The molecular formula is C22H44O2. The summed E-state index contributed by atoms with van der Waals surface area (Å²) in [6.07, 6.45) is 24.4. The van der Waals surface area contributed by atoms with Crippen molar-refractivity contribution in [3.8, 4) is 0 Å². The van der Waals surface area contributed by atoms with Crippen molar-refractivity contribution in [2.24, 2.45) is 5.92 Å². The quantitative estimate of drug-likeness (QED) is 0.289. The van der Waals surface area contributed by atoms with Crippen molar-refractivity contribution in [1.29, 1.82) is 0 Å². The normalized spacial score (nSPS) is 20.8. The molecule has 144 valence electrons. The molecule has 1 heterocycles. The summed E-state index contributed by atoms with van der Waals surface area (Å²) < 4.78 is 5.20. The van der Waals surface area contributed by atoms with Crippen LogP contribution in [0.15, 0.2) is 0 Å². The lowest BCUT2D eigenvalue weighted by molar-refractivity contribution is -0.0836. The van der Waals surface area contributed by atoms with Gasteiger partial charge in [0.15, 0.2) is 6.29 Å². The summed E-state index contributed by atoms with van der Waals surface area (Å²) in [5, 5.41) is 9.59. The first-order chi connectivity index (χ1) is 11.8. The molecule has 0 aromatic heterocycles. The summed E-state index contributed by atoms with van der Waals surface area (Å²) in [6, 6.07) is 0. The van der Waals surface area contributed by atoms with Crippen molar-refractivity contribution in [1.82, 2.24) is 0 Å². The van der Waals surface area contributed by atoms with Gasteiger partial charge in [0.2, 0.25) is 0 Å². The van der Waals surface area contributed by atoms with Crippen molar-refractivity contribution < 1.29 is 9.84 Å². The van der Waals surface area contributed by atoms with E-state index >= 15 is 0 Å². The first-order valence-electron chi connectivity index (χ1n) is 11.1. The monoisotopic (exact) mass is 340 g/mol. The molecule has 1 fully saturated rings. The van der Waals surface area contributed by atoms with Crippen molar-refractivity contribution in [3.63, 3.8) is 0 Å². The minimum absolute atomic E-state index is 0.414. The third-order valence-corrected chi connectivity index (χ3v) is 5.61. The van der Waals surface area contributed by atoms with E-state index in [1.54, 1.807) is 0 Å². The summed E-state index contributed by atoms with van der Waals surface area (Å²) in [6.45, 7) is 3.04. The molecule has 0 radical (unpaired) electrons. The Morgan fingerprint density at radius 1 is 0.667 bits per heavy atom. The Bertz CT molecular complexity index is 254. The Labute approximate surface area is 151 Å². The fraction of sp³-hybridized carbons (Fsp3) is 1.00. The highest BCUT2D eigenvalue weighted by Crippen LogP contribution is 2.24. The first kappa shape index (κ1) is 22.0. The molecule has 2 atom stereocenters. The average molecular weight is 341 g/mol. The van der Waals surface area contributed by atoms with Crippen LogP contribution in [0.25, 0.3) is 0 Å². The van der Waals surface area contributed by atoms with Crippen molar-refractivity contribution >= 4 is 0 Å². The van der Waals surface area contributed by atoms with E-state index in [-0.39, 0.29) is 0 Å². The second kappa shape index (κ2) is 16.4. The molecule has 0 spiro atoms. The Balaban J connectivity index is 1.67. The van der Waals surface area contributed by atoms with E-state index in [0.717, 1.165) is 19.4 Å². The summed E-state index contributed by atoms with van der Waals surface area (Å²) in [5.41, 5.74) is 0. The van der Waals surface area contributed by atoms with E-state index < -0.39 is 6.29 Å². The maximum Gasteiger partial charge on any atom is 0.157 e. The molecule has 0 saturated carbocycles. The number of rotatable bonds is 17. The molecule has 2 nitrogen and oxygen atoms in total. The van der Waals surface area contributed by atoms with Crippen LogP contribution in [0.2, 0.25) is 0 Å². The lowest BCUT2D eigenvalue weighted by Crippen LogP contribution is -2.14. The molecule has 1 saturated heterocycles. The molecule has 0 aromatic rings. The van der Waals surface area contributed by atoms with Crippen LogP contribution in [0.5, 0.6) is 0 Å². The fourth-order valence-corrected chi connectivity index (χ4v) is 3.86. The van der Waals surface area contributed by atoms with Crippen LogP contribution in [0, 0.1) is 5.92 Å². The van der Waals surface area contributed by atoms with Gasteiger partial charge >= 0.3 is 0 Å². The molecule has 1 aliphatic heterocycles. The lowest BCUT2D eigenvalue weighted by Gasteiger charge is -2.12. The molecule has 2 heteroatoms. The van der Waals surface area contributed by atoms with Gasteiger partial charge in [-0.25, -0.2) is 0 Å². The van der Waals surface area contributed by atoms with Crippen LogP contribution in [0.1, 0.15) is 122 Å². The Morgan fingerprint density at radius 2 is 1.08 bits per heavy atom. The molecule has 0 amide bonds. The largest absolute Gasteiger partial charge is 0.368 e. The molecule has 0 aromatic carbocycles. The average Bonchev–Trinajstić information content (AvgIpc) is 2.99. The van der Waals surface area contributed by atoms with Crippen molar-refractivity contribution in [2.75, 3.05) is 6.61 Å². The second-order valence-corrected chi connectivity index (χ2v) is 7.90. The van der Waals surface area contributed by atoms with Crippen LogP contribution < -0.4 is 0 Å². The van der Waals surface area contributed by atoms with E-state index in [4.69, 9.17) is 4.74 Å². The zero-order valence-corrected chi connectivity index (χ0v) is 16.4. The van der Waals surface area contributed by atoms with Crippen LogP contribution in [0.3, 0.4) is 0 Å². The standard InChI is InChI=1S/C22H44O2/c1-2-3-4-5-6-7-8-9-10-11-12-13-14-15-16-17-18-21-19-20-24-22(21)23/h21-23H,2-20H2,1H3. The smallest absolute Gasteiger partial charge is 0.157 e. The maximum atomic E-state index is 9.59. The molecular weight excluding hydrogens is 296 g/mol. The van der Waals surface area contributed by atoms with Crippen LogP contribution in [-0.4, -0.2) is 18.0 Å². The van der Waals surface area contributed by atoms with E-state index in [1.807, 2.05) is 0 Å². The summed E-state index contributed by atoms with van der Waals surface area (Å²) in [7, 11) is 0. The Morgan fingerprint density at radius 3 is 1.46 bits per heavy atom. The van der Waals surface area contributed by atoms with Gasteiger partial charge in [-0.2, -0.15) is 0 Å². The van der Waals surface area contributed by atoms with Gasteiger partial charge in [0.25, 0.3) is 0 Å². The van der Waals surface area contributed by atoms with Crippen LogP contribution in [-0.2, 0) is 4.74 Å². The molecule has 1 N–H and O–H groups in total. The zero-order chi connectivity index (χ0) is 17.3. The van der Waals surface area contributed by atoms with Crippen LogP contribution >= 0.6 is 0 Å². The predicted octanol–water partition coefficient (Wildman–Crippen LogP) is 6.99. The number of aliphatic hydroxyl groups excluding tert-OH is 1. The van der Waals surface area contributed by atoms with E-state index in [1.165, 1.54) is 103 Å². The predicted molar refractivity (Wildman–Crippen MR) is 104 cm³/mol. The van der Waals surface area contributed by atoms with Gasteiger partial charge in [0.05, 0.1) is 6.61 Å². The summed E-state index contributed by atoms with van der Waals surface area (Å²) >= 11 is 0. The van der Waals surface area contributed by atoms with Gasteiger partial charge in [-0.15, -0.1) is 0 Å². The zero-order valence-electron chi connectivity index (χ0n) is 16.4. The highest BCUT2D eigenvalue weighted by Gasteiger charge is 2.24. The number of ether oxygens (including phenoxy) is 1. The second-order valence-electron chi connectivity index (χ2n) is 7.90. The van der Waals surface area contributed by atoms with E-state index in [2.05, 4.69) is 6.92 Å². The third kappa shape index (κ3) is 12.3. The summed E-state index contributed by atoms with van der Waals surface area (Å²) in [5.74, 6) is 0.414.